The van der Waals surface area contributed by atoms with Gasteiger partial charge in [0.15, 0.2) is 16.6 Å². The number of hydrogen-bond donors (Lipinski definition) is 26. The Morgan fingerprint density at radius 3 is 0.644 bits per heavy atom. The van der Waals surface area contributed by atoms with Crippen molar-refractivity contribution < 1.29 is 186 Å². The molecule has 0 aromatic rings. The van der Waals surface area contributed by atoms with Crippen molar-refractivity contribution in [2.75, 3.05) is 0 Å². The van der Waals surface area contributed by atoms with Gasteiger partial charge in [-0.2, -0.15) is 0 Å². The van der Waals surface area contributed by atoms with E-state index in [1.807, 2.05) is 0 Å². The zero-order chi connectivity index (χ0) is 70.1. The molecule has 1 atom stereocenters. The molecule has 0 amide bonds. The lowest BCUT2D eigenvalue weighted by Gasteiger charge is -2.70. The maximum Gasteiger partial charge on any atom is 0.420 e. The second kappa shape index (κ2) is 43.9. The van der Waals surface area contributed by atoms with Gasteiger partial charge in [-0.25, -0.2) is 0 Å². The van der Waals surface area contributed by atoms with Crippen molar-refractivity contribution in [1.29, 1.82) is 0 Å². The molecular weight excluding hydrogens is 1920 g/mol. The van der Waals surface area contributed by atoms with Crippen LogP contribution in [-0.4, -0.2) is 491 Å². The van der Waals surface area contributed by atoms with Crippen LogP contribution in [0.1, 0.15) is 0 Å². The van der Waals surface area contributed by atoms with Gasteiger partial charge in [0, 0.05) is 0 Å². The minimum absolute atomic E-state index is 1.08. The fourth-order valence-electron chi connectivity index (χ4n) is 7.73. The first-order valence-corrected chi connectivity index (χ1v) is 105. The van der Waals surface area contributed by atoms with Crippen LogP contribution >= 0.6 is 0 Å². The van der Waals surface area contributed by atoms with Crippen LogP contribution in [0.4, 0.5) is 0 Å². The molecule has 490 valence electrons. The van der Waals surface area contributed by atoms with Gasteiger partial charge in [0.25, 0.3) is 92.4 Å². The molecule has 0 saturated heterocycles. The Labute approximate surface area is 591 Å². The van der Waals surface area contributed by atoms with Crippen molar-refractivity contribution in [2.45, 2.75) is 45.8 Å². The highest BCUT2D eigenvalue weighted by molar-refractivity contribution is 8.23. The smallest absolute Gasteiger partial charge is 0.420 e. The Morgan fingerprint density at radius 2 is 0.456 bits per heavy atom. The molecule has 0 bridgehead atoms. The molecule has 0 saturated carbocycles. The first-order chi connectivity index (χ1) is 42.2. The maximum atomic E-state index is 12.8. The van der Waals surface area contributed by atoms with Crippen LogP contribution in [0.2, 0.25) is 45.8 Å². The molecule has 41 nitrogen and oxygen atoms in total. The van der Waals surface area contributed by atoms with Crippen LogP contribution in [0.15, 0.2) is 0 Å². The summed E-state index contributed by atoms with van der Waals surface area (Å²) in [6.45, 7) is -43.7. The van der Waals surface area contributed by atoms with Crippen LogP contribution < -0.4 is 0 Å². The van der Waals surface area contributed by atoms with Gasteiger partial charge in [-0.1, -0.05) is 0 Å². The Bertz CT molecular complexity index is 1790. The van der Waals surface area contributed by atoms with Crippen molar-refractivity contribution in [3.8, 4) is 0 Å². The molecule has 83 heteroatoms. The number of rotatable bonds is 56. The molecule has 0 aliphatic heterocycles. The Hall–Kier alpha value is 7.47. The molecule has 0 aromatic carbocycles. The van der Waals surface area contributed by atoms with E-state index in [4.69, 9.17) is 61.7 Å². The van der Waals surface area contributed by atoms with E-state index < -0.39 is 366 Å². The first kappa shape index (κ1) is 97.5. The first-order valence-electron chi connectivity index (χ1n) is 22.1. The lowest BCUT2D eigenvalue weighted by Crippen LogP contribution is -3.14. The lowest BCUT2D eigenvalue weighted by molar-refractivity contribution is 0.302. The van der Waals surface area contributed by atoms with E-state index in [1.165, 1.54) is 39.3 Å². The third kappa shape index (κ3) is 20.2. The summed E-state index contributed by atoms with van der Waals surface area (Å²) in [6.07, 6.45) is 0. The van der Waals surface area contributed by atoms with Crippen molar-refractivity contribution in [1.82, 2.24) is 0 Å². The normalized spacial score (nSPS) is 15.2. The van der Waals surface area contributed by atoms with Gasteiger partial charge >= 0.3 is 118 Å². The van der Waals surface area contributed by atoms with Gasteiger partial charge in [-0.3, -0.25) is 0 Å². The van der Waals surface area contributed by atoms with E-state index in [9.17, 15) is 125 Å². The second-order valence-corrected chi connectivity index (χ2v) is 188. The van der Waals surface area contributed by atoms with Gasteiger partial charge in [0.05, 0.1) is 0 Å². The maximum absolute atomic E-state index is 12.8. The van der Waals surface area contributed by atoms with Crippen LogP contribution in [0.5, 0.6) is 0 Å². The summed E-state index contributed by atoms with van der Waals surface area (Å²) in [4.78, 5) is 315. The predicted molar refractivity (Wildman–Crippen MR) is 358 cm³/mol. The third-order valence-electron chi connectivity index (χ3n) is 10.7. The summed E-state index contributed by atoms with van der Waals surface area (Å²) in [7, 11) is -102. The van der Waals surface area contributed by atoms with E-state index in [2.05, 4.69) is 0 Å². The molecule has 0 spiro atoms. The molecule has 90 heavy (non-hydrogen) atoms. The molecule has 0 aliphatic rings. The molecular formula is C7H48O41Si42. The van der Waals surface area contributed by atoms with Crippen LogP contribution in [-0.2, 0) is 61.7 Å². The van der Waals surface area contributed by atoms with Gasteiger partial charge in [-0.15, -0.1) is 0 Å². The Kier molecular flexibility index (Phi) is 47.6. The quantitative estimate of drug-likeness (QED) is 0.0251. The van der Waals surface area contributed by atoms with E-state index in [-0.39, 0.29) is 0 Å². The highest BCUT2D eigenvalue weighted by Gasteiger charge is 3.00. The van der Waals surface area contributed by atoms with Crippen LogP contribution in [0, 0.1) is 0 Å². The third-order valence-corrected chi connectivity index (χ3v) is 308. The summed E-state index contributed by atoms with van der Waals surface area (Å²) >= 11 is 0. The van der Waals surface area contributed by atoms with Crippen molar-refractivity contribution in [2.24, 2.45) is 0 Å². The zero-order valence-electron chi connectivity index (χ0n) is 45.8. The summed E-state index contributed by atoms with van der Waals surface area (Å²) in [5.41, 5.74) is 0. The average Bonchev–Trinajstić information content (AvgIpc) is 0.643. The standard InChI is InChI=1S/C7H48O41Si42/c1-75(42-76(2,3)4)43-81(89(85(67-26,68-27)38-53-12,86(69-28,70-29)39-54-13)46-78(57-16,58-17)34-49-8,90(87(71-30,72-31)40-55-14,88(73-32,74-33)41-56-15)47-79(59-18,60-19)35-50-9)48-82(83(63-22,64-23)36-51-10,84(65-24,66-25)37-52-11)45-80(61-20,62-21)44-77(5,6)7/h8-33,75H,1-7H3. The van der Waals surface area contributed by atoms with E-state index in [0.717, 1.165) is 6.55 Å². The molecule has 1 unspecified atom stereocenters. The highest BCUT2D eigenvalue weighted by Crippen LogP contribution is 2.53. The van der Waals surface area contributed by atoms with Gasteiger partial charge in [0.1, 0.15) is 0 Å². The largest absolute Gasteiger partial charge is 0.439 e. The zero-order valence-corrected chi connectivity index (χ0v) is 88.0. The highest BCUT2D eigenvalue weighted by atomic mass is 30.5. The molecule has 0 fully saturated rings. The SMILES string of the molecule is C[SiH](O[Si](C)(C)C)O[Si](O[Si](O[Si](O[Si](C)(C)C)([Si]O)[Si]O)([Si](O[Si]O)([Si]O)[Si]O)[Si](O[Si]O)([Si]O)[Si]O)([Si](O[Si](O[Si]O)([Si]O)[Si]O)([Si](O[Si]O)([Si]O)[Si]O)[Si](O[Si]O)([Si]O)[Si]O)[Si](O[Si](O[Si]O)([Si]O)[Si]O)([Si](O[Si]O)([Si]O)[Si]O)[Si](O[Si]O)([Si]O)[Si]O. The van der Waals surface area contributed by atoms with E-state index >= 15 is 0 Å². The lowest BCUT2D eigenvalue weighted by atomic mass is 11.8. The van der Waals surface area contributed by atoms with Gasteiger partial charge in [-0.05, 0) is 45.8 Å². The van der Waals surface area contributed by atoms with E-state index in [1.54, 1.807) is 0 Å². The number of hydrogen-bond acceptors (Lipinski definition) is 41. The predicted octanol–water partition coefficient (Wildman–Crippen LogP) is -27.7. The molecule has 0 aliphatic carbocycles. The molecule has 26 N–H and O–H groups in total. The van der Waals surface area contributed by atoms with Gasteiger partial charge < -0.3 is 186 Å². The fourth-order valence-corrected chi connectivity index (χ4v) is 515. The second-order valence-electron chi connectivity index (χ2n) is 17.6. The monoisotopic (exact) mass is 1960 g/mol. The topological polar surface area (TPSA) is 664 Å². The van der Waals surface area contributed by atoms with Crippen LogP contribution in [0.3, 0.4) is 0 Å². The molecule has 0 rings (SSSR count). The molecule has 0 aromatic heterocycles. The summed E-state index contributed by atoms with van der Waals surface area (Å²) in [6, 6.07) is 0. The Morgan fingerprint density at radius 1 is 0.222 bits per heavy atom. The average molecular weight is 1970 g/mol. The van der Waals surface area contributed by atoms with E-state index in [0.29, 0.717) is 0 Å². The summed E-state index contributed by atoms with van der Waals surface area (Å²) < 4.78 is 101. The van der Waals surface area contributed by atoms with Gasteiger partial charge in [0.2, 0.25) is 139 Å². The van der Waals surface area contributed by atoms with Crippen LogP contribution in [0.25, 0.3) is 0 Å². The molecule has 52 radical (unpaired) electrons. The summed E-state index contributed by atoms with van der Waals surface area (Å²) in [5.74, 6) is 0. The van der Waals surface area contributed by atoms with Crippen molar-refractivity contribution in [3.05, 3.63) is 0 Å². The summed E-state index contributed by atoms with van der Waals surface area (Å²) in [5, 5.41) is 0. The van der Waals surface area contributed by atoms with Crippen molar-refractivity contribution in [3.63, 3.8) is 0 Å². The molecule has 0 heterocycles. The minimum atomic E-state index is -8.08. The van der Waals surface area contributed by atoms with Crippen molar-refractivity contribution >= 4 is 366 Å². The fraction of sp³-hybridized carbons (Fsp3) is 1.00. The Balaban J connectivity index is 14.3. The minimum Gasteiger partial charge on any atom is -0.439 e.